The zero-order valence-corrected chi connectivity index (χ0v) is 15.2. The van der Waals surface area contributed by atoms with E-state index in [-0.39, 0.29) is 11.7 Å². The largest absolute Gasteiger partial charge is 0.468 e. The van der Waals surface area contributed by atoms with Gasteiger partial charge in [-0.05, 0) is 42.3 Å². The van der Waals surface area contributed by atoms with Gasteiger partial charge in [-0.15, -0.1) is 0 Å². The van der Waals surface area contributed by atoms with Gasteiger partial charge in [0.25, 0.3) is 5.91 Å². The molecule has 0 bridgehead atoms. The fourth-order valence-electron chi connectivity index (χ4n) is 4.66. The number of carbonyl (C=O) groups is 2. The van der Waals surface area contributed by atoms with Crippen LogP contribution in [0.1, 0.15) is 48.2 Å². The number of hydrogen-bond donors (Lipinski definition) is 0. The summed E-state index contributed by atoms with van der Waals surface area (Å²) in [6, 6.07) is 11.6. The number of fused-ring (bicyclic) bond motifs is 4. The molecule has 2 heterocycles. The van der Waals surface area contributed by atoms with E-state index < -0.39 is 22.8 Å². The Morgan fingerprint density at radius 1 is 1.15 bits per heavy atom. The van der Waals surface area contributed by atoms with Crippen molar-refractivity contribution in [2.75, 3.05) is 12.0 Å². The molecule has 2 aliphatic heterocycles. The van der Waals surface area contributed by atoms with E-state index in [9.17, 15) is 14.0 Å². The summed E-state index contributed by atoms with van der Waals surface area (Å²) in [6.45, 7) is 5.78. The molecule has 2 aromatic rings. The minimum atomic E-state index is -0.915. The maximum Gasteiger partial charge on any atom is 0.315 e. The highest BCUT2D eigenvalue weighted by atomic mass is 19.1. The molecule has 2 aliphatic rings. The highest BCUT2D eigenvalue weighted by molar-refractivity contribution is 6.13. The number of nitrogens with zero attached hydrogens (tertiary/aromatic N) is 1. The van der Waals surface area contributed by atoms with Crippen LogP contribution in [0.25, 0.3) is 0 Å². The van der Waals surface area contributed by atoms with E-state index in [1.165, 1.54) is 19.2 Å². The number of methoxy groups -OCH3 is 1. The third kappa shape index (κ3) is 1.78. The Bertz CT molecular complexity index is 952. The molecule has 0 radical (unpaired) electrons. The number of benzene rings is 2. The Labute approximate surface area is 151 Å². The number of carbonyl (C=O) groups excluding carboxylic acids is 2. The second-order valence-corrected chi connectivity index (χ2v) is 7.62. The maximum absolute atomic E-state index is 14.0. The highest BCUT2D eigenvalue weighted by Gasteiger charge is 2.65. The Balaban J connectivity index is 2.09. The van der Waals surface area contributed by atoms with Gasteiger partial charge in [0.1, 0.15) is 11.7 Å². The van der Waals surface area contributed by atoms with Gasteiger partial charge in [0.05, 0.1) is 12.6 Å². The second kappa shape index (κ2) is 5.16. The Morgan fingerprint density at radius 3 is 2.54 bits per heavy atom. The van der Waals surface area contributed by atoms with Gasteiger partial charge >= 0.3 is 5.97 Å². The average molecular weight is 353 g/mol. The molecule has 0 fully saturated rings. The van der Waals surface area contributed by atoms with Crippen molar-refractivity contribution in [3.63, 3.8) is 0 Å². The molecule has 0 saturated heterocycles. The number of anilines is 1. The Morgan fingerprint density at radius 2 is 1.85 bits per heavy atom. The van der Waals surface area contributed by atoms with Crippen molar-refractivity contribution in [1.29, 1.82) is 0 Å². The van der Waals surface area contributed by atoms with Gasteiger partial charge in [-0.25, -0.2) is 4.39 Å². The van der Waals surface area contributed by atoms with Crippen molar-refractivity contribution in [3.05, 3.63) is 65.0 Å². The molecule has 0 N–H and O–H groups in total. The van der Waals surface area contributed by atoms with E-state index >= 15 is 0 Å². The normalized spacial score (nSPS) is 25.3. The monoisotopic (exact) mass is 353 g/mol. The van der Waals surface area contributed by atoms with Crippen LogP contribution >= 0.6 is 0 Å². The fourth-order valence-corrected chi connectivity index (χ4v) is 4.66. The van der Waals surface area contributed by atoms with Crippen LogP contribution in [-0.2, 0) is 14.9 Å². The lowest BCUT2D eigenvalue weighted by Crippen LogP contribution is -2.63. The van der Waals surface area contributed by atoms with E-state index in [0.29, 0.717) is 16.8 Å². The molecule has 5 heteroatoms. The van der Waals surface area contributed by atoms with Gasteiger partial charge in [0.15, 0.2) is 0 Å². The summed E-state index contributed by atoms with van der Waals surface area (Å²) >= 11 is 0. The van der Waals surface area contributed by atoms with Gasteiger partial charge in [0, 0.05) is 16.7 Å². The number of halogens is 1. The SMILES string of the molecule is COC(=O)[C@H]1c2ccccc2C(=O)N2c3ccc(F)cc3C(C)(C)[C@]12C. The van der Waals surface area contributed by atoms with Crippen molar-refractivity contribution < 1.29 is 18.7 Å². The molecule has 134 valence electrons. The lowest BCUT2D eigenvalue weighted by Gasteiger charge is -2.51. The number of amides is 1. The van der Waals surface area contributed by atoms with Crippen molar-refractivity contribution in [3.8, 4) is 0 Å². The quantitative estimate of drug-likeness (QED) is 0.733. The molecule has 0 saturated carbocycles. The van der Waals surface area contributed by atoms with Gasteiger partial charge in [-0.2, -0.15) is 0 Å². The molecule has 2 atom stereocenters. The summed E-state index contributed by atoms with van der Waals surface area (Å²) in [4.78, 5) is 27.9. The summed E-state index contributed by atoms with van der Waals surface area (Å²) < 4.78 is 19.1. The number of hydrogen-bond acceptors (Lipinski definition) is 3. The third-order valence-corrected chi connectivity index (χ3v) is 6.31. The fraction of sp³-hybridized carbons (Fsp3) is 0.333. The predicted molar refractivity (Wildman–Crippen MR) is 95.8 cm³/mol. The minimum absolute atomic E-state index is 0.179. The first-order valence-corrected chi connectivity index (χ1v) is 8.56. The zero-order valence-electron chi connectivity index (χ0n) is 15.2. The summed E-state index contributed by atoms with van der Waals surface area (Å²) in [5.74, 6) is -1.62. The first kappa shape index (κ1) is 16.8. The summed E-state index contributed by atoms with van der Waals surface area (Å²) in [5, 5.41) is 0. The lowest BCUT2D eigenvalue weighted by atomic mass is 9.61. The molecule has 1 amide bonds. The zero-order chi connectivity index (χ0) is 18.9. The van der Waals surface area contributed by atoms with Crippen LogP contribution in [0.4, 0.5) is 10.1 Å². The Hall–Kier alpha value is -2.69. The molecule has 0 unspecified atom stereocenters. The van der Waals surface area contributed by atoms with Crippen LogP contribution in [0.5, 0.6) is 0 Å². The van der Waals surface area contributed by atoms with E-state index in [2.05, 4.69) is 0 Å². The van der Waals surface area contributed by atoms with Crippen molar-refractivity contribution in [1.82, 2.24) is 0 Å². The second-order valence-electron chi connectivity index (χ2n) is 7.62. The molecule has 0 aliphatic carbocycles. The molecular weight excluding hydrogens is 333 g/mol. The standard InChI is InChI=1S/C21H20FNO3/c1-20(2)15-11-12(22)9-10-16(15)23-18(24)14-8-6-5-7-13(14)17(19(25)26-4)21(20,23)3/h5-11,17H,1-4H3/t17-,21+/m1/s1. The predicted octanol–water partition coefficient (Wildman–Crippen LogP) is 3.79. The van der Waals surface area contributed by atoms with Gasteiger partial charge in [-0.1, -0.05) is 32.0 Å². The van der Waals surface area contributed by atoms with Crippen LogP contribution in [0.15, 0.2) is 42.5 Å². The summed E-state index contributed by atoms with van der Waals surface area (Å²) in [5.41, 5.74) is 0.925. The molecule has 4 rings (SSSR count). The maximum atomic E-state index is 14.0. The van der Waals surface area contributed by atoms with Crippen LogP contribution in [0, 0.1) is 5.82 Å². The van der Waals surface area contributed by atoms with E-state index in [1.807, 2.05) is 26.8 Å². The number of esters is 1. The lowest BCUT2D eigenvalue weighted by molar-refractivity contribution is -0.144. The van der Waals surface area contributed by atoms with Crippen LogP contribution in [0.2, 0.25) is 0 Å². The molecular formula is C21H20FNO3. The van der Waals surface area contributed by atoms with E-state index in [1.54, 1.807) is 29.2 Å². The molecule has 0 aromatic heterocycles. The van der Waals surface area contributed by atoms with Gasteiger partial charge < -0.3 is 9.64 Å². The molecule has 4 nitrogen and oxygen atoms in total. The summed E-state index contributed by atoms with van der Waals surface area (Å²) in [7, 11) is 1.35. The highest BCUT2D eigenvalue weighted by Crippen LogP contribution is 2.60. The van der Waals surface area contributed by atoms with Crippen molar-refractivity contribution >= 4 is 17.6 Å². The van der Waals surface area contributed by atoms with Crippen LogP contribution in [0.3, 0.4) is 0 Å². The van der Waals surface area contributed by atoms with E-state index in [0.717, 1.165) is 5.56 Å². The Kier molecular flexibility index (Phi) is 3.33. The molecule has 2 aromatic carbocycles. The van der Waals surface area contributed by atoms with Gasteiger partial charge in [0.2, 0.25) is 0 Å². The van der Waals surface area contributed by atoms with Gasteiger partial charge in [-0.3, -0.25) is 9.59 Å². The minimum Gasteiger partial charge on any atom is -0.468 e. The molecule has 0 spiro atoms. The first-order chi connectivity index (χ1) is 12.2. The first-order valence-electron chi connectivity index (χ1n) is 8.56. The average Bonchev–Trinajstić information content (AvgIpc) is 2.79. The number of rotatable bonds is 1. The number of ether oxygens (including phenoxy) is 1. The van der Waals surface area contributed by atoms with Crippen LogP contribution < -0.4 is 4.90 Å². The topological polar surface area (TPSA) is 46.6 Å². The van der Waals surface area contributed by atoms with E-state index in [4.69, 9.17) is 4.74 Å². The third-order valence-electron chi connectivity index (χ3n) is 6.31. The van der Waals surface area contributed by atoms with Crippen molar-refractivity contribution in [2.45, 2.75) is 37.6 Å². The smallest absolute Gasteiger partial charge is 0.315 e. The van der Waals surface area contributed by atoms with Crippen LogP contribution in [-0.4, -0.2) is 24.5 Å². The van der Waals surface area contributed by atoms with Crippen molar-refractivity contribution in [2.24, 2.45) is 0 Å². The summed E-state index contributed by atoms with van der Waals surface area (Å²) in [6.07, 6.45) is 0. The molecule has 26 heavy (non-hydrogen) atoms.